The molecular formula is C65H43NS. The van der Waals surface area contributed by atoms with Crippen LogP contribution < -0.4 is 4.90 Å². The van der Waals surface area contributed by atoms with Gasteiger partial charge in [-0.3, -0.25) is 0 Å². The average Bonchev–Trinajstić information content (AvgIpc) is 4.03. The molecule has 1 nitrogen and oxygen atoms in total. The van der Waals surface area contributed by atoms with Crippen molar-refractivity contribution in [1.82, 2.24) is 0 Å². The van der Waals surface area contributed by atoms with Crippen molar-refractivity contribution in [3.8, 4) is 43.8 Å². The van der Waals surface area contributed by atoms with E-state index in [4.69, 9.17) is 0 Å². The lowest BCUT2D eigenvalue weighted by atomic mass is 9.70. The summed E-state index contributed by atoms with van der Waals surface area (Å²) in [6.07, 6.45) is 2.41. The summed E-state index contributed by atoms with van der Waals surface area (Å²) in [5.74, 6) is 0. The van der Waals surface area contributed by atoms with Crippen LogP contribution >= 0.6 is 11.3 Å². The van der Waals surface area contributed by atoms with Crippen molar-refractivity contribution in [1.29, 1.82) is 0 Å². The Kier molecular flexibility index (Phi) is 9.33. The number of thiophene rings is 1. The molecule has 1 unspecified atom stereocenters. The second kappa shape index (κ2) is 16.0. The standard InChI is InChI=1S/C65H43NS/c1-5-18-45(19-6-1)47-34-32-44(33-35-47)42-56(49-38-36-48(37-39-49)46-20-7-2-8-21-46)54-28-17-30-60-62(54)64-63(55-27-14-16-31-61(55)67-64)65(60)58-29-15-13-26-53(58)57-43-52(40-41-59(57)65)66(50-22-9-3-10-23-50)51-24-11-4-12-25-51/h1-43H. The van der Waals surface area contributed by atoms with Crippen molar-refractivity contribution >= 4 is 50.1 Å². The second-order valence-corrected chi connectivity index (χ2v) is 18.6. The summed E-state index contributed by atoms with van der Waals surface area (Å²) in [5.41, 5.74) is 21.8. The van der Waals surface area contributed by atoms with Crippen molar-refractivity contribution < 1.29 is 0 Å². The van der Waals surface area contributed by atoms with Gasteiger partial charge in [-0.1, -0.05) is 212 Å². The molecule has 0 saturated heterocycles. The van der Waals surface area contributed by atoms with E-state index in [1.807, 2.05) is 11.3 Å². The van der Waals surface area contributed by atoms with Gasteiger partial charge in [0.05, 0.1) is 5.41 Å². The molecule has 11 aromatic rings. The van der Waals surface area contributed by atoms with Crippen LogP contribution in [-0.4, -0.2) is 0 Å². The zero-order valence-corrected chi connectivity index (χ0v) is 37.5. The fraction of sp³-hybridized carbons (Fsp3) is 0.0154. The Balaban J connectivity index is 1.05. The minimum Gasteiger partial charge on any atom is -0.310 e. The van der Waals surface area contributed by atoms with E-state index in [0.29, 0.717) is 0 Å². The van der Waals surface area contributed by atoms with Gasteiger partial charge in [-0.15, -0.1) is 11.3 Å². The molecular weight excluding hydrogens is 827 g/mol. The number of anilines is 3. The highest BCUT2D eigenvalue weighted by Crippen LogP contribution is 2.67. The average molecular weight is 870 g/mol. The lowest BCUT2D eigenvalue weighted by Gasteiger charge is -2.31. The largest absolute Gasteiger partial charge is 0.310 e. The van der Waals surface area contributed by atoms with Gasteiger partial charge in [0.25, 0.3) is 0 Å². The van der Waals surface area contributed by atoms with Crippen molar-refractivity contribution in [3.63, 3.8) is 0 Å². The van der Waals surface area contributed by atoms with Crippen molar-refractivity contribution in [2.45, 2.75) is 5.41 Å². The van der Waals surface area contributed by atoms with Gasteiger partial charge in [0, 0.05) is 32.2 Å². The minimum absolute atomic E-state index is 0.533. The lowest BCUT2D eigenvalue weighted by molar-refractivity contribution is 0.802. The van der Waals surface area contributed by atoms with Crippen LogP contribution in [0.1, 0.15) is 38.9 Å². The monoisotopic (exact) mass is 869 g/mol. The normalized spacial score (nSPS) is 14.4. The zero-order chi connectivity index (χ0) is 44.3. The smallest absolute Gasteiger partial charge is 0.0740 e. The topological polar surface area (TPSA) is 3.24 Å². The molecule has 2 aliphatic rings. The maximum Gasteiger partial charge on any atom is 0.0740 e. The molecule has 0 saturated carbocycles. The van der Waals surface area contributed by atoms with Gasteiger partial charge in [-0.05, 0) is 132 Å². The van der Waals surface area contributed by atoms with Gasteiger partial charge in [-0.2, -0.15) is 0 Å². The van der Waals surface area contributed by atoms with Crippen LogP contribution in [0.5, 0.6) is 0 Å². The quantitative estimate of drug-likeness (QED) is 0.138. The van der Waals surface area contributed by atoms with E-state index in [9.17, 15) is 0 Å². The number of fused-ring (bicyclic) bond motifs is 12. The Morgan fingerprint density at radius 1 is 0.403 bits per heavy atom. The molecule has 67 heavy (non-hydrogen) atoms. The predicted molar refractivity (Wildman–Crippen MR) is 284 cm³/mol. The molecule has 0 radical (unpaired) electrons. The van der Waals surface area contributed by atoms with Gasteiger partial charge in [0.2, 0.25) is 0 Å². The minimum atomic E-state index is -0.533. The Morgan fingerprint density at radius 3 is 1.61 bits per heavy atom. The SMILES string of the molecule is C(=C(c1ccc(-c2ccccc2)cc1)c1cccc2c1-c1sc3ccccc3c1C21c2ccccc2-c2cc(N(c3ccccc3)c3ccccc3)ccc21)c1ccc(-c2ccccc2)cc1. The van der Waals surface area contributed by atoms with E-state index in [-0.39, 0.29) is 0 Å². The van der Waals surface area contributed by atoms with Crippen LogP contribution in [0.4, 0.5) is 17.1 Å². The van der Waals surface area contributed by atoms with E-state index < -0.39 is 5.41 Å². The Hall–Kier alpha value is -8.30. The van der Waals surface area contributed by atoms with Crippen molar-refractivity contribution in [2.75, 3.05) is 4.90 Å². The van der Waals surface area contributed by atoms with Gasteiger partial charge in [0.15, 0.2) is 0 Å². The van der Waals surface area contributed by atoms with Crippen LogP contribution in [0.3, 0.4) is 0 Å². The Bertz CT molecular complexity index is 3610. The summed E-state index contributed by atoms with van der Waals surface area (Å²) in [5, 5.41) is 1.32. The third-order valence-electron chi connectivity index (χ3n) is 13.9. The number of benzene rings is 10. The van der Waals surface area contributed by atoms with E-state index in [2.05, 4.69) is 266 Å². The van der Waals surface area contributed by atoms with Gasteiger partial charge < -0.3 is 4.90 Å². The third kappa shape index (κ3) is 6.29. The summed E-state index contributed by atoms with van der Waals surface area (Å²) in [6.45, 7) is 0. The van der Waals surface area contributed by atoms with E-state index in [1.54, 1.807) is 0 Å². The lowest BCUT2D eigenvalue weighted by Crippen LogP contribution is -2.26. The van der Waals surface area contributed by atoms with Gasteiger partial charge in [0.1, 0.15) is 0 Å². The number of para-hydroxylation sites is 2. The molecule has 0 bridgehead atoms. The van der Waals surface area contributed by atoms with Gasteiger partial charge >= 0.3 is 0 Å². The summed E-state index contributed by atoms with van der Waals surface area (Å²) in [6, 6.07) is 93.6. The van der Waals surface area contributed by atoms with Crippen LogP contribution in [-0.2, 0) is 5.41 Å². The molecule has 1 aromatic heterocycles. The summed E-state index contributed by atoms with van der Waals surface area (Å²) >= 11 is 1.94. The summed E-state index contributed by atoms with van der Waals surface area (Å²) in [4.78, 5) is 3.73. The fourth-order valence-corrected chi connectivity index (χ4v) is 12.3. The van der Waals surface area contributed by atoms with Gasteiger partial charge in [-0.25, -0.2) is 0 Å². The molecule has 0 fully saturated rings. The molecule has 314 valence electrons. The number of hydrogen-bond donors (Lipinski definition) is 0. The van der Waals surface area contributed by atoms with Crippen LogP contribution in [0.15, 0.2) is 255 Å². The van der Waals surface area contributed by atoms with Crippen LogP contribution in [0.2, 0.25) is 0 Å². The highest BCUT2D eigenvalue weighted by molar-refractivity contribution is 7.22. The predicted octanol–water partition coefficient (Wildman–Crippen LogP) is 17.6. The first-order valence-corrected chi connectivity index (χ1v) is 23.9. The van der Waals surface area contributed by atoms with E-state index in [1.165, 1.54) is 92.9 Å². The maximum atomic E-state index is 2.44. The molecule has 10 aromatic carbocycles. The number of rotatable bonds is 8. The molecule has 0 amide bonds. The molecule has 13 rings (SSSR count). The maximum absolute atomic E-state index is 2.44. The second-order valence-electron chi connectivity index (χ2n) is 17.6. The van der Waals surface area contributed by atoms with E-state index in [0.717, 1.165) is 22.6 Å². The van der Waals surface area contributed by atoms with E-state index >= 15 is 0 Å². The molecule has 1 heterocycles. The van der Waals surface area contributed by atoms with Crippen molar-refractivity contribution in [3.05, 3.63) is 294 Å². The highest BCUT2D eigenvalue weighted by Gasteiger charge is 2.54. The number of hydrogen-bond acceptors (Lipinski definition) is 2. The summed E-state index contributed by atoms with van der Waals surface area (Å²) < 4.78 is 1.31. The third-order valence-corrected chi connectivity index (χ3v) is 15.1. The van der Waals surface area contributed by atoms with Crippen LogP contribution in [0, 0.1) is 0 Å². The van der Waals surface area contributed by atoms with Crippen molar-refractivity contribution in [2.24, 2.45) is 0 Å². The first-order chi connectivity index (χ1) is 33.2. The first-order valence-electron chi connectivity index (χ1n) is 23.1. The first kappa shape index (κ1) is 39.1. The molecule has 2 heteroatoms. The molecule has 2 aliphatic carbocycles. The highest BCUT2D eigenvalue weighted by atomic mass is 32.1. The fourth-order valence-electron chi connectivity index (χ4n) is 11.0. The Labute approximate surface area is 395 Å². The Morgan fingerprint density at radius 2 is 0.940 bits per heavy atom. The van der Waals surface area contributed by atoms with Crippen LogP contribution in [0.25, 0.3) is 65.6 Å². The molecule has 1 atom stereocenters. The molecule has 0 aliphatic heterocycles. The summed E-state index contributed by atoms with van der Waals surface area (Å²) in [7, 11) is 0. The molecule has 0 N–H and O–H groups in total. The number of nitrogens with zero attached hydrogens (tertiary/aromatic N) is 1. The molecule has 1 spiro atoms. The zero-order valence-electron chi connectivity index (χ0n) is 36.7.